The minimum absolute atomic E-state index is 0.705. The van der Waals surface area contributed by atoms with E-state index in [-0.39, 0.29) is 0 Å². The van der Waals surface area contributed by atoms with Crippen LogP contribution in [0.4, 0.5) is 0 Å². The second-order valence-corrected chi connectivity index (χ2v) is 5.84. The third-order valence-electron chi connectivity index (χ3n) is 4.25. The predicted molar refractivity (Wildman–Crippen MR) is 75.9 cm³/mol. The van der Waals surface area contributed by atoms with Crippen LogP contribution in [0.3, 0.4) is 0 Å². The minimum Gasteiger partial charge on any atom is -0.315 e. The minimum atomic E-state index is 0.705. The summed E-state index contributed by atoms with van der Waals surface area (Å²) in [5, 5.41) is 7.98. The highest BCUT2D eigenvalue weighted by Gasteiger charge is 2.28. The number of aromatic nitrogens is 2. The molecular formula is C16H19N3. The predicted octanol–water partition coefficient (Wildman–Crippen LogP) is 2.74. The van der Waals surface area contributed by atoms with Gasteiger partial charge in [0.2, 0.25) is 0 Å². The molecule has 0 unspecified atom stereocenters. The van der Waals surface area contributed by atoms with E-state index in [1.807, 2.05) is 0 Å². The quantitative estimate of drug-likeness (QED) is 0.911. The molecule has 0 amide bonds. The van der Waals surface area contributed by atoms with Crippen molar-refractivity contribution in [1.29, 1.82) is 0 Å². The van der Waals surface area contributed by atoms with E-state index in [9.17, 15) is 0 Å². The molecule has 2 heterocycles. The standard InChI is InChI=1S/C16H19N3/c1-11-8-16(13-2-3-13)19(18-11)15-6-4-12(5-7-15)14-9-17-10-14/h4-8,13-14,17H,2-3,9-10H2,1H3. The first-order chi connectivity index (χ1) is 9.31. The van der Waals surface area contributed by atoms with Crippen LogP contribution in [-0.4, -0.2) is 22.9 Å². The molecule has 1 aliphatic carbocycles. The summed E-state index contributed by atoms with van der Waals surface area (Å²) in [4.78, 5) is 0. The van der Waals surface area contributed by atoms with Gasteiger partial charge in [0.05, 0.1) is 11.4 Å². The normalized spacial score (nSPS) is 19.4. The van der Waals surface area contributed by atoms with Crippen molar-refractivity contribution >= 4 is 0 Å². The Morgan fingerprint density at radius 1 is 1.11 bits per heavy atom. The SMILES string of the molecule is Cc1cc(C2CC2)n(-c2ccc(C3CNC3)cc2)n1. The van der Waals surface area contributed by atoms with Crippen molar-refractivity contribution in [2.45, 2.75) is 31.6 Å². The van der Waals surface area contributed by atoms with Crippen LogP contribution in [0.1, 0.15) is 41.6 Å². The van der Waals surface area contributed by atoms with E-state index in [2.05, 4.69) is 52.4 Å². The summed E-state index contributed by atoms with van der Waals surface area (Å²) in [6.45, 7) is 4.32. The van der Waals surface area contributed by atoms with Crippen LogP contribution in [0.25, 0.3) is 5.69 Å². The average molecular weight is 253 g/mol. The Balaban J connectivity index is 1.67. The summed E-state index contributed by atoms with van der Waals surface area (Å²) in [6, 6.07) is 11.2. The zero-order valence-corrected chi connectivity index (χ0v) is 11.3. The monoisotopic (exact) mass is 253 g/mol. The molecule has 0 spiro atoms. The first-order valence-corrected chi connectivity index (χ1v) is 7.19. The van der Waals surface area contributed by atoms with Gasteiger partial charge < -0.3 is 5.32 Å². The van der Waals surface area contributed by atoms with Gasteiger partial charge in [0.1, 0.15) is 0 Å². The molecule has 19 heavy (non-hydrogen) atoms. The maximum absolute atomic E-state index is 4.66. The van der Waals surface area contributed by atoms with Crippen LogP contribution in [0.5, 0.6) is 0 Å². The van der Waals surface area contributed by atoms with Crippen molar-refractivity contribution < 1.29 is 0 Å². The van der Waals surface area contributed by atoms with Crippen LogP contribution in [0.15, 0.2) is 30.3 Å². The molecule has 2 aliphatic rings. The number of rotatable bonds is 3. The van der Waals surface area contributed by atoms with E-state index in [1.165, 1.54) is 29.8 Å². The van der Waals surface area contributed by atoms with Crippen molar-refractivity contribution in [1.82, 2.24) is 15.1 Å². The summed E-state index contributed by atoms with van der Waals surface area (Å²) in [6.07, 6.45) is 2.63. The molecule has 3 nitrogen and oxygen atoms in total. The third kappa shape index (κ3) is 1.98. The van der Waals surface area contributed by atoms with Gasteiger partial charge in [-0.05, 0) is 43.5 Å². The van der Waals surface area contributed by atoms with Crippen LogP contribution < -0.4 is 5.32 Å². The van der Waals surface area contributed by atoms with E-state index in [0.717, 1.165) is 24.7 Å². The number of aryl methyl sites for hydroxylation is 1. The highest BCUT2D eigenvalue weighted by molar-refractivity contribution is 5.39. The first-order valence-electron chi connectivity index (χ1n) is 7.19. The Hall–Kier alpha value is -1.61. The molecule has 1 aromatic carbocycles. The lowest BCUT2D eigenvalue weighted by Crippen LogP contribution is -2.39. The Morgan fingerprint density at radius 3 is 2.42 bits per heavy atom. The molecule has 0 bridgehead atoms. The van der Waals surface area contributed by atoms with Gasteiger partial charge >= 0.3 is 0 Å². The number of hydrogen-bond acceptors (Lipinski definition) is 2. The second-order valence-electron chi connectivity index (χ2n) is 5.84. The Morgan fingerprint density at radius 2 is 1.84 bits per heavy atom. The highest BCUT2D eigenvalue weighted by Crippen LogP contribution is 2.41. The summed E-state index contributed by atoms with van der Waals surface area (Å²) in [5.74, 6) is 1.44. The molecule has 4 rings (SSSR count). The van der Waals surface area contributed by atoms with Gasteiger partial charge in [-0.1, -0.05) is 12.1 Å². The van der Waals surface area contributed by atoms with Crippen LogP contribution in [0, 0.1) is 6.92 Å². The molecule has 1 aliphatic heterocycles. The van der Waals surface area contributed by atoms with Crippen LogP contribution in [-0.2, 0) is 0 Å². The molecule has 0 radical (unpaired) electrons. The lowest BCUT2D eigenvalue weighted by atomic mass is 9.94. The number of nitrogens with one attached hydrogen (secondary N) is 1. The molecule has 1 N–H and O–H groups in total. The Labute approximate surface area is 113 Å². The van der Waals surface area contributed by atoms with Crippen molar-refractivity contribution in [3.05, 3.63) is 47.3 Å². The molecule has 3 heteroatoms. The zero-order chi connectivity index (χ0) is 12.8. The smallest absolute Gasteiger partial charge is 0.0649 e. The molecular weight excluding hydrogens is 234 g/mol. The van der Waals surface area contributed by atoms with E-state index < -0.39 is 0 Å². The van der Waals surface area contributed by atoms with Crippen LogP contribution in [0.2, 0.25) is 0 Å². The molecule has 1 saturated carbocycles. The molecule has 98 valence electrons. The fourth-order valence-electron chi connectivity index (χ4n) is 2.81. The van der Waals surface area contributed by atoms with Gasteiger partial charge in [-0.3, -0.25) is 0 Å². The summed E-state index contributed by atoms with van der Waals surface area (Å²) < 4.78 is 2.13. The highest BCUT2D eigenvalue weighted by atomic mass is 15.3. The molecule has 2 fully saturated rings. The van der Waals surface area contributed by atoms with Gasteiger partial charge in [0.25, 0.3) is 0 Å². The van der Waals surface area contributed by atoms with Gasteiger partial charge in [-0.2, -0.15) is 5.10 Å². The van der Waals surface area contributed by atoms with Gasteiger partial charge in [-0.25, -0.2) is 4.68 Å². The van der Waals surface area contributed by atoms with E-state index >= 15 is 0 Å². The lowest BCUT2D eigenvalue weighted by molar-refractivity contribution is 0.448. The number of benzene rings is 1. The van der Waals surface area contributed by atoms with Gasteiger partial charge in [0, 0.05) is 30.6 Å². The molecule has 1 aromatic heterocycles. The molecule has 1 saturated heterocycles. The fraction of sp³-hybridized carbons (Fsp3) is 0.438. The summed E-state index contributed by atoms with van der Waals surface area (Å²) in [5.41, 5.74) is 5.15. The summed E-state index contributed by atoms with van der Waals surface area (Å²) >= 11 is 0. The second kappa shape index (κ2) is 4.20. The van der Waals surface area contributed by atoms with Crippen molar-refractivity contribution in [2.75, 3.05) is 13.1 Å². The van der Waals surface area contributed by atoms with E-state index in [1.54, 1.807) is 0 Å². The van der Waals surface area contributed by atoms with Gasteiger partial charge in [0.15, 0.2) is 0 Å². The third-order valence-corrected chi connectivity index (χ3v) is 4.25. The van der Waals surface area contributed by atoms with Crippen molar-refractivity contribution in [2.24, 2.45) is 0 Å². The zero-order valence-electron chi connectivity index (χ0n) is 11.3. The maximum atomic E-state index is 4.66. The fourth-order valence-corrected chi connectivity index (χ4v) is 2.81. The largest absolute Gasteiger partial charge is 0.315 e. The lowest BCUT2D eigenvalue weighted by Gasteiger charge is -2.27. The first kappa shape index (κ1) is 11.2. The summed E-state index contributed by atoms with van der Waals surface area (Å²) in [7, 11) is 0. The average Bonchev–Trinajstić information content (AvgIpc) is 3.12. The topological polar surface area (TPSA) is 29.9 Å². The maximum Gasteiger partial charge on any atom is 0.0649 e. The Kier molecular flexibility index (Phi) is 2.49. The van der Waals surface area contributed by atoms with Gasteiger partial charge in [-0.15, -0.1) is 0 Å². The Bertz CT molecular complexity index is 589. The number of nitrogens with zero attached hydrogens (tertiary/aromatic N) is 2. The number of hydrogen-bond donors (Lipinski definition) is 1. The molecule has 0 atom stereocenters. The van der Waals surface area contributed by atoms with Crippen molar-refractivity contribution in [3.8, 4) is 5.69 Å². The van der Waals surface area contributed by atoms with Crippen LogP contribution >= 0.6 is 0 Å². The van der Waals surface area contributed by atoms with E-state index in [0.29, 0.717) is 5.92 Å². The molecule has 2 aromatic rings. The van der Waals surface area contributed by atoms with Crippen molar-refractivity contribution in [3.63, 3.8) is 0 Å². The van der Waals surface area contributed by atoms with E-state index in [4.69, 9.17) is 0 Å².